The van der Waals surface area contributed by atoms with Crippen LogP contribution in [-0.2, 0) is 16.0 Å². The number of H-pyrrole nitrogens is 1. The Hall–Kier alpha value is -1.50. The van der Waals surface area contributed by atoms with E-state index in [4.69, 9.17) is 17.0 Å². The lowest BCUT2D eigenvalue weighted by molar-refractivity contribution is -0.122. The van der Waals surface area contributed by atoms with Crippen LogP contribution >= 0.6 is 23.6 Å². The van der Waals surface area contributed by atoms with Gasteiger partial charge in [0.1, 0.15) is 0 Å². The molecule has 3 rings (SSSR count). The summed E-state index contributed by atoms with van der Waals surface area (Å²) in [7, 11) is 0. The SMILES string of the molecule is Cc1[nH]c(=S)sc1CC(=O)NC1CCOC(c2ccccc2)C1. The molecule has 2 atom stereocenters. The van der Waals surface area contributed by atoms with Gasteiger partial charge in [0, 0.05) is 23.2 Å². The van der Waals surface area contributed by atoms with Gasteiger partial charge in [-0.2, -0.15) is 0 Å². The Bertz CT molecular complexity index is 724. The van der Waals surface area contributed by atoms with Gasteiger partial charge in [-0.15, -0.1) is 11.3 Å². The molecule has 1 aliphatic heterocycles. The number of ether oxygens (including phenoxy) is 1. The van der Waals surface area contributed by atoms with E-state index in [1.807, 2.05) is 25.1 Å². The van der Waals surface area contributed by atoms with Crippen LogP contribution in [0.4, 0.5) is 0 Å². The zero-order valence-corrected chi connectivity index (χ0v) is 14.6. The highest BCUT2D eigenvalue weighted by molar-refractivity contribution is 7.73. The van der Waals surface area contributed by atoms with Crippen LogP contribution < -0.4 is 5.32 Å². The van der Waals surface area contributed by atoms with Crippen molar-refractivity contribution in [2.24, 2.45) is 0 Å². The van der Waals surface area contributed by atoms with Gasteiger partial charge in [0.25, 0.3) is 0 Å². The van der Waals surface area contributed by atoms with Crippen molar-refractivity contribution in [3.63, 3.8) is 0 Å². The van der Waals surface area contributed by atoms with Gasteiger partial charge in [-0.1, -0.05) is 30.3 Å². The van der Waals surface area contributed by atoms with Gasteiger partial charge >= 0.3 is 0 Å². The molecular formula is C17H20N2O2S2. The van der Waals surface area contributed by atoms with E-state index in [-0.39, 0.29) is 18.1 Å². The molecule has 1 aromatic heterocycles. The Morgan fingerprint density at radius 2 is 2.22 bits per heavy atom. The summed E-state index contributed by atoms with van der Waals surface area (Å²) in [5.74, 6) is 0.0528. The van der Waals surface area contributed by atoms with Gasteiger partial charge in [-0.05, 0) is 37.5 Å². The van der Waals surface area contributed by atoms with Crippen LogP contribution in [0.15, 0.2) is 30.3 Å². The molecule has 122 valence electrons. The maximum Gasteiger partial charge on any atom is 0.225 e. The smallest absolute Gasteiger partial charge is 0.225 e. The van der Waals surface area contributed by atoms with Crippen LogP contribution in [0.3, 0.4) is 0 Å². The Labute approximate surface area is 144 Å². The first-order valence-electron chi connectivity index (χ1n) is 7.76. The first-order chi connectivity index (χ1) is 11.1. The highest BCUT2D eigenvalue weighted by Gasteiger charge is 2.25. The molecule has 2 aromatic rings. The molecule has 0 bridgehead atoms. The van der Waals surface area contributed by atoms with E-state index in [1.54, 1.807) is 0 Å². The minimum Gasteiger partial charge on any atom is -0.373 e. The summed E-state index contributed by atoms with van der Waals surface area (Å²) in [6.07, 6.45) is 2.12. The largest absolute Gasteiger partial charge is 0.373 e. The molecule has 4 nitrogen and oxygen atoms in total. The van der Waals surface area contributed by atoms with E-state index in [0.717, 1.165) is 27.4 Å². The van der Waals surface area contributed by atoms with Gasteiger partial charge in [-0.25, -0.2) is 0 Å². The molecule has 6 heteroatoms. The van der Waals surface area contributed by atoms with Crippen LogP contribution in [0.25, 0.3) is 0 Å². The number of carbonyl (C=O) groups excluding carboxylic acids is 1. The van der Waals surface area contributed by atoms with Crippen molar-refractivity contribution in [2.45, 2.75) is 38.3 Å². The van der Waals surface area contributed by atoms with E-state index in [0.29, 0.717) is 13.0 Å². The zero-order valence-electron chi connectivity index (χ0n) is 13.0. The van der Waals surface area contributed by atoms with Crippen molar-refractivity contribution >= 4 is 29.5 Å². The molecule has 2 N–H and O–H groups in total. The van der Waals surface area contributed by atoms with E-state index in [2.05, 4.69) is 22.4 Å². The lowest BCUT2D eigenvalue weighted by atomic mass is 9.97. The van der Waals surface area contributed by atoms with Crippen LogP contribution in [-0.4, -0.2) is 23.5 Å². The molecule has 1 aromatic carbocycles. The van der Waals surface area contributed by atoms with Crippen molar-refractivity contribution in [1.29, 1.82) is 0 Å². The number of aromatic amines is 1. The molecule has 0 radical (unpaired) electrons. The summed E-state index contributed by atoms with van der Waals surface area (Å²) in [6.45, 7) is 2.63. The number of rotatable bonds is 4. The van der Waals surface area contributed by atoms with Crippen LogP contribution in [0.5, 0.6) is 0 Å². The predicted octanol–water partition coefficient (Wildman–Crippen LogP) is 3.69. The molecule has 0 saturated carbocycles. The first kappa shape index (κ1) is 16.4. The van der Waals surface area contributed by atoms with Crippen LogP contribution in [0, 0.1) is 10.9 Å². The molecule has 0 spiro atoms. The second-order valence-corrected chi connectivity index (χ2v) is 7.57. The van der Waals surface area contributed by atoms with E-state index < -0.39 is 0 Å². The second-order valence-electron chi connectivity index (χ2n) is 5.80. The standard InChI is InChI=1S/C17H20N2O2S2/c1-11-15(23-17(22)18-11)10-16(20)19-13-7-8-21-14(9-13)12-5-3-2-4-6-12/h2-6,13-14H,7-10H2,1H3,(H,18,22)(H,19,20). The first-order valence-corrected chi connectivity index (χ1v) is 8.99. The van der Waals surface area contributed by atoms with Crippen molar-refractivity contribution in [3.05, 3.63) is 50.4 Å². The average molecular weight is 348 g/mol. The number of hydrogen-bond acceptors (Lipinski definition) is 4. The normalized spacial score (nSPS) is 21.1. The minimum atomic E-state index is 0.0528. The maximum absolute atomic E-state index is 12.3. The number of aromatic nitrogens is 1. The number of nitrogens with one attached hydrogen (secondary N) is 2. The third kappa shape index (κ3) is 4.28. The highest BCUT2D eigenvalue weighted by Crippen LogP contribution is 2.28. The van der Waals surface area contributed by atoms with Gasteiger partial charge in [0.05, 0.1) is 12.5 Å². The third-order valence-corrected chi connectivity index (χ3v) is 5.40. The molecular weight excluding hydrogens is 328 g/mol. The Balaban J connectivity index is 1.58. The van der Waals surface area contributed by atoms with Gasteiger partial charge in [0.15, 0.2) is 3.95 Å². The fourth-order valence-corrected chi connectivity index (χ4v) is 4.15. The molecule has 1 amide bonds. The molecule has 1 aliphatic rings. The van der Waals surface area contributed by atoms with E-state index in [9.17, 15) is 4.79 Å². The summed E-state index contributed by atoms with van der Waals surface area (Å²) in [5, 5.41) is 3.14. The maximum atomic E-state index is 12.3. The molecule has 2 heterocycles. The Morgan fingerprint density at radius 1 is 1.43 bits per heavy atom. The van der Waals surface area contributed by atoms with Gasteiger partial charge < -0.3 is 15.0 Å². The number of carbonyl (C=O) groups is 1. The Morgan fingerprint density at radius 3 is 2.91 bits per heavy atom. The van der Waals surface area contributed by atoms with E-state index in [1.165, 1.54) is 16.9 Å². The summed E-state index contributed by atoms with van der Waals surface area (Å²) in [6, 6.07) is 10.3. The highest BCUT2D eigenvalue weighted by atomic mass is 32.1. The van der Waals surface area contributed by atoms with Gasteiger partial charge in [-0.3, -0.25) is 4.79 Å². The fraction of sp³-hybridized carbons (Fsp3) is 0.412. The number of amides is 1. The number of hydrogen-bond donors (Lipinski definition) is 2. The lowest BCUT2D eigenvalue weighted by Gasteiger charge is -2.30. The van der Waals surface area contributed by atoms with Crippen molar-refractivity contribution in [3.8, 4) is 0 Å². The zero-order chi connectivity index (χ0) is 16.2. The number of thiazole rings is 1. The van der Waals surface area contributed by atoms with Crippen LogP contribution in [0.2, 0.25) is 0 Å². The second kappa shape index (κ2) is 7.38. The fourth-order valence-electron chi connectivity index (χ4n) is 2.86. The predicted molar refractivity (Wildman–Crippen MR) is 94.2 cm³/mol. The third-order valence-electron chi connectivity index (χ3n) is 4.07. The molecule has 2 unspecified atom stereocenters. The summed E-state index contributed by atoms with van der Waals surface area (Å²) < 4.78 is 6.57. The number of benzene rings is 1. The van der Waals surface area contributed by atoms with Crippen molar-refractivity contribution in [2.75, 3.05) is 6.61 Å². The molecule has 1 fully saturated rings. The average Bonchev–Trinajstić information content (AvgIpc) is 2.86. The molecule has 0 aliphatic carbocycles. The van der Waals surface area contributed by atoms with Crippen LogP contribution in [0.1, 0.15) is 35.1 Å². The minimum absolute atomic E-state index is 0.0528. The topological polar surface area (TPSA) is 54.1 Å². The van der Waals surface area contributed by atoms with Crippen molar-refractivity contribution < 1.29 is 9.53 Å². The Kier molecular flexibility index (Phi) is 5.25. The summed E-state index contributed by atoms with van der Waals surface area (Å²) in [5.41, 5.74) is 2.16. The number of aryl methyl sites for hydroxylation is 1. The quantitative estimate of drug-likeness (QED) is 0.829. The summed E-state index contributed by atoms with van der Waals surface area (Å²) >= 11 is 6.59. The van der Waals surface area contributed by atoms with Gasteiger partial charge in [0.2, 0.25) is 5.91 Å². The monoisotopic (exact) mass is 348 g/mol. The molecule has 1 saturated heterocycles. The molecule has 23 heavy (non-hydrogen) atoms. The van der Waals surface area contributed by atoms with E-state index >= 15 is 0 Å². The lowest BCUT2D eigenvalue weighted by Crippen LogP contribution is -2.40. The van der Waals surface area contributed by atoms with Crippen molar-refractivity contribution in [1.82, 2.24) is 10.3 Å². The summed E-state index contributed by atoms with van der Waals surface area (Å²) in [4.78, 5) is 16.4.